The van der Waals surface area contributed by atoms with Crippen molar-refractivity contribution in [2.45, 2.75) is 26.7 Å². The van der Waals surface area contributed by atoms with E-state index in [1.807, 2.05) is 0 Å². The van der Waals surface area contributed by atoms with Crippen LogP contribution >= 0.6 is 0 Å². The summed E-state index contributed by atoms with van der Waals surface area (Å²) in [4.78, 5) is 44.4. The number of carbonyl (C=O) groups excluding carboxylic acids is 4. The molecule has 1 aliphatic rings. The highest BCUT2D eigenvalue weighted by molar-refractivity contribution is 6.44. The van der Waals surface area contributed by atoms with Crippen LogP contribution in [0.25, 0.3) is 0 Å². The number of carbonyl (C=O) groups is 4. The number of ketones is 4. The van der Waals surface area contributed by atoms with Crippen LogP contribution < -0.4 is 0 Å². The van der Waals surface area contributed by atoms with Gasteiger partial charge in [0.15, 0.2) is 5.78 Å². The second kappa shape index (κ2) is 3.82. The fourth-order valence-corrected chi connectivity index (χ4v) is 1.63. The predicted octanol–water partition coefficient (Wildman–Crippen LogP) is 0.329. The third-order valence-electron chi connectivity index (χ3n) is 2.41. The standard InChI is InChI=1S/C10H12O4/c1-5-3-7(10(14)9(5)13)8(12)4-6(2)11/h5,7H,3-4H2,1-2H3. The quantitative estimate of drug-likeness (QED) is 0.481. The van der Waals surface area contributed by atoms with Crippen LogP contribution in [0.2, 0.25) is 0 Å². The van der Waals surface area contributed by atoms with Gasteiger partial charge in [0.25, 0.3) is 0 Å². The third-order valence-corrected chi connectivity index (χ3v) is 2.41. The molecule has 2 atom stereocenters. The average molecular weight is 196 g/mol. The van der Waals surface area contributed by atoms with Crippen LogP contribution in [0.3, 0.4) is 0 Å². The lowest BCUT2D eigenvalue weighted by Gasteiger charge is -2.03. The molecule has 0 amide bonds. The van der Waals surface area contributed by atoms with E-state index in [0.717, 1.165) is 0 Å². The Labute approximate surface area is 81.7 Å². The van der Waals surface area contributed by atoms with Crippen molar-refractivity contribution in [1.29, 1.82) is 0 Å². The number of rotatable bonds is 3. The molecule has 2 unspecified atom stereocenters. The molecule has 0 saturated heterocycles. The highest BCUT2D eigenvalue weighted by atomic mass is 16.2. The minimum absolute atomic E-state index is 0.240. The van der Waals surface area contributed by atoms with Crippen molar-refractivity contribution in [2.24, 2.45) is 11.8 Å². The Hall–Kier alpha value is -1.32. The number of hydrogen-bond acceptors (Lipinski definition) is 4. The zero-order valence-electron chi connectivity index (χ0n) is 8.20. The molecular formula is C10H12O4. The van der Waals surface area contributed by atoms with Crippen molar-refractivity contribution < 1.29 is 19.2 Å². The molecule has 4 heteroatoms. The van der Waals surface area contributed by atoms with Crippen LogP contribution in [-0.2, 0) is 19.2 Å². The van der Waals surface area contributed by atoms with Crippen molar-refractivity contribution in [1.82, 2.24) is 0 Å². The molecule has 1 rings (SSSR count). The van der Waals surface area contributed by atoms with Gasteiger partial charge in [-0.25, -0.2) is 0 Å². The fourth-order valence-electron chi connectivity index (χ4n) is 1.63. The molecule has 1 aliphatic carbocycles. The third kappa shape index (κ3) is 1.95. The molecule has 0 aromatic carbocycles. The Morgan fingerprint density at radius 2 is 1.86 bits per heavy atom. The summed E-state index contributed by atoms with van der Waals surface area (Å²) in [5.41, 5.74) is 0. The molecule has 1 saturated carbocycles. The summed E-state index contributed by atoms with van der Waals surface area (Å²) in [6.45, 7) is 2.92. The lowest BCUT2D eigenvalue weighted by molar-refractivity contribution is -0.140. The topological polar surface area (TPSA) is 68.3 Å². The van der Waals surface area contributed by atoms with Crippen LogP contribution in [0.1, 0.15) is 26.7 Å². The highest BCUT2D eigenvalue weighted by Crippen LogP contribution is 2.25. The van der Waals surface area contributed by atoms with Gasteiger partial charge in [-0.15, -0.1) is 0 Å². The normalized spacial score (nSPS) is 26.7. The molecule has 0 bridgehead atoms. The largest absolute Gasteiger partial charge is 0.300 e. The van der Waals surface area contributed by atoms with Crippen LogP contribution in [-0.4, -0.2) is 23.1 Å². The van der Waals surface area contributed by atoms with Crippen LogP contribution in [0.4, 0.5) is 0 Å². The molecule has 0 spiro atoms. The zero-order valence-corrected chi connectivity index (χ0v) is 8.20. The first-order chi connectivity index (χ1) is 6.43. The first kappa shape index (κ1) is 10.8. The maximum absolute atomic E-state index is 11.4. The molecule has 0 aromatic heterocycles. The SMILES string of the molecule is CC(=O)CC(=O)C1CC(C)C(=O)C1=O. The van der Waals surface area contributed by atoms with Gasteiger partial charge in [0.05, 0.1) is 12.3 Å². The summed E-state index contributed by atoms with van der Waals surface area (Å²) in [6.07, 6.45) is 0.0280. The molecular weight excluding hydrogens is 184 g/mol. The van der Waals surface area contributed by atoms with E-state index in [4.69, 9.17) is 0 Å². The summed E-state index contributed by atoms with van der Waals surface area (Å²) in [5.74, 6) is -3.02. The van der Waals surface area contributed by atoms with Gasteiger partial charge >= 0.3 is 0 Å². The van der Waals surface area contributed by atoms with Gasteiger partial charge in [-0.1, -0.05) is 6.92 Å². The summed E-state index contributed by atoms with van der Waals surface area (Å²) in [5, 5.41) is 0. The average Bonchev–Trinajstić information content (AvgIpc) is 2.32. The van der Waals surface area contributed by atoms with Gasteiger partial charge < -0.3 is 0 Å². The van der Waals surface area contributed by atoms with Gasteiger partial charge in [0, 0.05) is 5.92 Å². The van der Waals surface area contributed by atoms with E-state index >= 15 is 0 Å². The first-order valence-corrected chi connectivity index (χ1v) is 4.53. The van der Waals surface area contributed by atoms with Crippen molar-refractivity contribution in [3.05, 3.63) is 0 Å². The van der Waals surface area contributed by atoms with Gasteiger partial charge in [0.1, 0.15) is 5.78 Å². The van der Waals surface area contributed by atoms with Crippen LogP contribution in [0.5, 0.6) is 0 Å². The van der Waals surface area contributed by atoms with E-state index in [0.29, 0.717) is 0 Å². The maximum atomic E-state index is 11.4. The van der Waals surface area contributed by atoms with Crippen molar-refractivity contribution in [2.75, 3.05) is 0 Å². The number of Topliss-reactive ketones (excluding diaryl/α,β-unsaturated/α-hetero) is 4. The lowest BCUT2D eigenvalue weighted by atomic mass is 9.97. The molecule has 0 heterocycles. The Bertz CT molecular complexity index is 316. The van der Waals surface area contributed by atoms with E-state index in [2.05, 4.69) is 0 Å². The maximum Gasteiger partial charge on any atom is 0.209 e. The van der Waals surface area contributed by atoms with E-state index < -0.39 is 23.3 Å². The van der Waals surface area contributed by atoms with Crippen molar-refractivity contribution in [3.8, 4) is 0 Å². The van der Waals surface area contributed by atoms with E-state index in [1.165, 1.54) is 6.92 Å². The van der Waals surface area contributed by atoms with E-state index in [9.17, 15) is 19.2 Å². The van der Waals surface area contributed by atoms with E-state index in [1.54, 1.807) is 6.92 Å². The summed E-state index contributed by atoms with van der Waals surface area (Å²) in [7, 11) is 0. The van der Waals surface area contributed by atoms with Gasteiger partial charge in [0.2, 0.25) is 11.6 Å². The second-order valence-corrected chi connectivity index (χ2v) is 3.76. The molecule has 1 fully saturated rings. The zero-order chi connectivity index (χ0) is 10.9. The monoisotopic (exact) mass is 196 g/mol. The summed E-state index contributed by atoms with van der Waals surface area (Å²) >= 11 is 0. The molecule has 4 nitrogen and oxygen atoms in total. The highest BCUT2D eigenvalue weighted by Gasteiger charge is 2.42. The van der Waals surface area contributed by atoms with Crippen LogP contribution in [0.15, 0.2) is 0 Å². The second-order valence-electron chi connectivity index (χ2n) is 3.76. The van der Waals surface area contributed by atoms with Crippen molar-refractivity contribution in [3.63, 3.8) is 0 Å². The van der Waals surface area contributed by atoms with Gasteiger partial charge in [-0.05, 0) is 13.3 Å². The van der Waals surface area contributed by atoms with Gasteiger partial charge in [-0.2, -0.15) is 0 Å². The molecule has 0 radical (unpaired) electrons. The predicted molar refractivity (Wildman–Crippen MR) is 47.6 cm³/mol. The minimum Gasteiger partial charge on any atom is -0.300 e. The fraction of sp³-hybridized carbons (Fsp3) is 0.600. The summed E-state index contributed by atoms with van der Waals surface area (Å²) in [6, 6.07) is 0. The molecule has 0 aromatic rings. The van der Waals surface area contributed by atoms with Gasteiger partial charge in [-0.3, -0.25) is 19.2 Å². The van der Waals surface area contributed by atoms with Crippen molar-refractivity contribution >= 4 is 23.1 Å². The molecule has 0 aliphatic heterocycles. The first-order valence-electron chi connectivity index (χ1n) is 4.53. The lowest BCUT2D eigenvalue weighted by Crippen LogP contribution is -2.23. The van der Waals surface area contributed by atoms with E-state index in [-0.39, 0.29) is 24.5 Å². The molecule has 14 heavy (non-hydrogen) atoms. The molecule has 0 N–H and O–H groups in total. The summed E-state index contributed by atoms with van der Waals surface area (Å²) < 4.78 is 0. The molecule has 76 valence electrons. The Morgan fingerprint density at radius 3 is 2.21 bits per heavy atom. The Balaban J connectivity index is 2.72. The number of hydrogen-bond donors (Lipinski definition) is 0. The Kier molecular flexibility index (Phi) is 2.93. The van der Waals surface area contributed by atoms with Crippen LogP contribution in [0, 0.1) is 11.8 Å². The Morgan fingerprint density at radius 1 is 1.29 bits per heavy atom. The smallest absolute Gasteiger partial charge is 0.209 e. The minimum atomic E-state index is -0.860.